The summed E-state index contributed by atoms with van der Waals surface area (Å²) in [5.41, 5.74) is -2.60. The molecule has 0 aromatic carbocycles. The van der Waals surface area contributed by atoms with Gasteiger partial charge in [-0.15, -0.1) is 0 Å². The van der Waals surface area contributed by atoms with Crippen molar-refractivity contribution >= 4 is 0 Å². The Morgan fingerprint density at radius 1 is 1.47 bits per heavy atom. The molecule has 15 heavy (non-hydrogen) atoms. The average Bonchev–Trinajstić information content (AvgIpc) is 2.13. The van der Waals surface area contributed by atoms with Crippen LogP contribution < -0.4 is 0 Å². The lowest BCUT2D eigenvalue weighted by Gasteiger charge is -2.39. The number of aliphatic hydroxyl groups is 1. The van der Waals surface area contributed by atoms with Gasteiger partial charge in [-0.05, 0) is 19.4 Å². The minimum Gasteiger partial charge on any atom is -0.379 e. The molecule has 1 heterocycles. The molecule has 3 nitrogen and oxygen atoms in total. The van der Waals surface area contributed by atoms with Crippen molar-refractivity contribution in [3.8, 4) is 6.07 Å². The van der Waals surface area contributed by atoms with E-state index in [2.05, 4.69) is 0 Å². The molecule has 0 amide bonds. The summed E-state index contributed by atoms with van der Waals surface area (Å²) in [5.74, 6) is 0. The predicted octanol–water partition coefficient (Wildman–Crippen LogP) is 1.29. The summed E-state index contributed by atoms with van der Waals surface area (Å²) in [4.78, 5) is 1.49. The molecule has 1 fully saturated rings. The van der Waals surface area contributed by atoms with E-state index in [1.807, 2.05) is 6.07 Å². The summed E-state index contributed by atoms with van der Waals surface area (Å²) in [6, 6.07) is 1.88. The molecule has 0 aliphatic carbocycles. The predicted molar refractivity (Wildman–Crippen MR) is 46.9 cm³/mol. The Bertz CT molecular complexity index is 261. The molecule has 86 valence electrons. The van der Waals surface area contributed by atoms with E-state index in [0.29, 0.717) is 13.0 Å². The Morgan fingerprint density at radius 3 is 2.67 bits per heavy atom. The highest BCUT2D eigenvalue weighted by Crippen LogP contribution is 2.37. The Labute approximate surface area is 86.1 Å². The SMILES string of the molecule is N#CCCN1CCCC(O)(C(F)(F)F)C1. The Hall–Kier alpha value is -0.800. The van der Waals surface area contributed by atoms with Gasteiger partial charge in [0.1, 0.15) is 0 Å². The first-order chi connectivity index (χ1) is 6.89. The van der Waals surface area contributed by atoms with Gasteiger partial charge in [0.25, 0.3) is 0 Å². The zero-order chi connectivity index (χ0) is 11.5. The van der Waals surface area contributed by atoms with Gasteiger partial charge in [-0.2, -0.15) is 18.4 Å². The molecule has 6 heteroatoms. The topological polar surface area (TPSA) is 47.3 Å². The minimum atomic E-state index is -4.59. The van der Waals surface area contributed by atoms with E-state index in [9.17, 15) is 18.3 Å². The first-order valence-corrected chi connectivity index (χ1v) is 4.77. The van der Waals surface area contributed by atoms with Crippen molar-refractivity contribution in [1.82, 2.24) is 4.90 Å². The van der Waals surface area contributed by atoms with Crippen molar-refractivity contribution in [3.63, 3.8) is 0 Å². The molecule has 1 rings (SSSR count). The summed E-state index contributed by atoms with van der Waals surface area (Å²) < 4.78 is 37.4. The quantitative estimate of drug-likeness (QED) is 0.765. The molecule has 1 aliphatic heterocycles. The Balaban J connectivity index is 2.59. The lowest BCUT2D eigenvalue weighted by Crippen LogP contribution is -2.57. The van der Waals surface area contributed by atoms with E-state index in [1.54, 1.807) is 0 Å². The Morgan fingerprint density at radius 2 is 2.13 bits per heavy atom. The third kappa shape index (κ3) is 2.83. The fourth-order valence-electron chi connectivity index (χ4n) is 1.75. The van der Waals surface area contributed by atoms with Crippen LogP contribution in [-0.4, -0.2) is 41.4 Å². The van der Waals surface area contributed by atoms with Gasteiger partial charge in [-0.3, -0.25) is 4.90 Å². The van der Waals surface area contributed by atoms with Crippen LogP contribution >= 0.6 is 0 Å². The fraction of sp³-hybridized carbons (Fsp3) is 0.889. The third-order valence-electron chi connectivity index (χ3n) is 2.62. The number of likely N-dealkylation sites (tertiary alicyclic amines) is 1. The zero-order valence-electron chi connectivity index (χ0n) is 8.22. The second-order valence-corrected chi connectivity index (χ2v) is 3.82. The van der Waals surface area contributed by atoms with E-state index >= 15 is 0 Å². The molecule has 1 unspecified atom stereocenters. The van der Waals surface area contributed by atoms with E-state index < -0.39 is 18.3 Å². The molecule has 1 aliphatic rings. The van der Waals surface area contributed by atoms with Gasteiger partial charge in [0.05, 0.1) is 6.07 Å². The van der Waals surface area contributed by atoms with Gasteiger partial charge in [-0.1, -0.05) is 0 Å². The molecule has 0 spiro atoms. The van der Waals surface area contributed by atoms with Crippen LogP contribution in [0.15, 0.2) is 0 Å². The van der Waals surface area contributed by atoms with E-state index in [4.69, 9.17) is 5.26 Å². The maximum atomic E-state index is 12.5. The molecule has 0 radical (unpaired) electrons. The second kappa shape index (κ2) is 4.37. The lowest BCUT2D eigenvalue weighted by molar-refractivity contribution is -0.273. The maximum Gasteiger partial charge on any atom is 0.418 e. The first-order valence-electron chi connectivity index (χ1n) is 4.77. The van der Waals surface area contributed by atoms with Crippen LogP contribution in [-0.2, 0) is 0 Å². The minimum absolute atomic E-state index is 0.188. The van der Waals surface area contributed by atoms with Crippen molar-refractivity contribution in [3.05, 3.63) is 0 Å². The van der Waals surface area contributed by atoms with Crippen molar-refractivity contribution in [2.75, 3.05) is 19.6 Å². The summed E-state index contributed by atoms with van der Waals surface area (Å²) in [6.45, 7) is 0.382. The van der Waals surface area contributed by atoms with Crippen LogP contribution in [0.4, 0.5) is 13.2 Å². The average molecular weight is 222 g/mol. The van der Waals surface area contributed by atoms with Gasteiger partial charge in [-0.25, -0.2) is 0 Å². The van der Waals surface area contributed by atoms with Crippen molar-refractivity contribution in [2.24, 2.45) is 0 Å². The number of nitrogens with zero attached hydrogens (tertiary/aromatic N) is 2. The molecule has 0 saturated carbocycles. The number of alkyl halides is 3. The van der Waals surface area contributed by atoms with Gasteiger partial charge in [0, 0.05) is 19.5 Å². The molecular formula is C9H13F3N2O. The normalized spacial score (nSPS) is 28.7. The molecule has 1 saturated heterocycles. The first kappa shape index (κ1) is 12.3. The standard InChI is InChI=1S/C9H13F3N2O/c10-9(11,12)8(15)3-1-5-14(7-8)6-2-4-13/h15H,1-3,5-7H2. The number of piperidine rings is 1. The van der Waals surface area contributed by atoms with Gasteiger partial charge >= 0.3 is 6.18 Å². The van der Waals surface area contributed by atoms with E-state index in [-0.39, 0.29) is 19.4 Å². The number of hydrogen-bond acceptors (Lipinski definition) is 3. The van der Waals surface area contributed by atoms with Crippen LogP contribution in [0.5, 0.6) is 0 Å². The molecule has 0 bridgehead atoms. The fourth-order valence-corrected chi connectivity index (χ4v) is 1.75. The molecule has 0 aromatic rings. The monoisotopic (exact) mass is 222 g/mol. The molecule has 1 atom stereocenters. The van der Waals surface area contributed by atoms with Crippen molar-refractivity contribution in [2.45, 2.75) is 31.0 Å². The molecule has 0 aromatic heterocycles. The van der Waals surface area contributed by atoms with Gasteiger partial charge in [0.2, 0.25) is 0 Å². The van der Waals surface area contributed by atoms with Crippen LogP contribution in [0.3, 0.4) is 0 Å². The second-order valence-electron chi connectivity index (χ2n) is 3.82. The van der Waals surface area contributed by atoms with Crippen molar-refractivity contribution in [1.29, 1.82) is 5.26 Å². The molecule has 1 N–H and O–H groups in total. The highest BCUT2D eigenvalue weighted by molar-refractivity contribution is 4.93. The summed E-state index contributed by atoms with van der Waals surface area (Å²) in [7, 11) is 0. The number of rotatable bonds is 2. The molecular weight excluding hydrogens is 209 g/mol. The van der Waals surface area contributed by atoms with E-state index in [0.717, 1.165) is 0 Å². The van der Waals surface area contributed by atoms with Gasteiger partial charge < -0.3 is 5.11 Å². The summed E-state index contributed by atoms with van der Waals surface area (Å²) in [5, 5.41) is 17.8. The van der Waals surface area contributed by atoms with Crippen LogP contribution in [0.25, 0.3) is 0 Å². The number of nitriles is 1. The summed E-state index contributed by atoms with van der Waals surface area (Å²) in [6.07, 6.45) is -4.34. The largest absolute Gasteiger partial charge is 0.418 e. The smallest absolute Gasteiger partial charge is 0.379 e. The zero-order valence-corrected chi connectivity index (χ0v) is 8.22. The highest BCUT2D eigenvalue weighted by Gasteiger charge is 2.55. The van der Waals surface area contributed by atoms with Crippen LogP contribution in [0.1, 0.15) is 19.3 Å². The number of hydrogen-bond donors (Lipinski definition) is 1. The van der Waals surface area contributed by atoms with Crippen LogP contribution in [0, 0.1) is 11.3 Å². The Kier molecular flexibility index (Phi) is 3.58. The number of halogens is 3. The lowest BCUT2D eigenvalue weighted by atomic mass is 9.92. The van der Waals surface area contributed by atoms with Crippen molar-refractivity contribution < 1.29 is 18.3 Å². The number of β-amino-alcohol motifs (C(OH)–C–C–N with tert-alkyl or cyclic N) is 1. The van der Waals surface area contributed by atoms with Crippen LogP contribution in [0.2, 0.25) is 0 Å². The highest BCUT2D eigenvalue weighted by atomic mass is 19.4. The summed E-state index contributed by atoms with van der Waals surface area (Å²) >= 11 is 0. The third-order valence-corrected chi connectivity index (χ3v) is 2.62. The van der Waals surface area contributed by atoms with E-state index in [1.165, 1.54) is 4.90 Å². The van der Waals surface area contributed by atoms with Gasteiger partial charge in [0.15, 0.2) is 5.60 Å². The maximum absolute atomic E-state index is 12.5.